The molecule has 0 radical (unpaired) electrons. The van der Waals surface area contributed by atoms with Gasteiger partial charge in [-0.2, -0.15) is 0 Å². The number of benzene rings is 2. The molecule has 5 rings (SSSR count). The van der Waals surface area contributed by atoms with Gasteiger partial charge in [0.2, 0.25) is 0 Å². The number of para-hydroxylation sites is 2. The van der Waals surface area contributed by atoms with Gasteiger partial charge in [-0.1, -0.05) is 36.4 Å². The summed E-state index contributed by atoms with van der Waals surface area (Å²) in [5, 5.41) is 3.84. The molecule has 1 aliphatic heterocycles. The van der Waals surface area contributed by atoms with Gasteiger partial charge in [-0.15, -0.1) is 47.0 Å². The summed E-state index contributed by atoms with van der Waals surface area (Å²) < 4.78 is 1.38. The van der Waals surface area contributed by atoms with E-state index in [9.17, 15) is 0 Å². The highest BCUT2D eigenvalue weighted by Gasteiger charge is 2.24. The van der Waals surface area contributed by atoms with E-state index in [1.165, 1.54) is 44.7 Å². The fourth-order valence-corrected chi connectivity index (χ4v) is 10.1. The van der Waals surface area contributed by atoms with Gasteiger partial charge in [0.25, 0.3) is 0 Å². The molecule has 2 nitrogen and oxygen atoms in total. The highest BCUT2D eigenvalue weighted by molar-refractivity contribution is 8.27. The van der Waals surface area contributed by atoms with Crippen LogP contribution in [-0.2, 0) is 11.5 Å². The molecule has 0 amide bonds. The smallest absolute Gasteiger partial charge is 0.0533 e. The SMILES string of the molecule is c1ccc2[nH]c(CSC3CC(SCc4cc5ccccc5[nH]4)SCS3)cc2c1. The average Bonchev–Trinajstić information content (AvgIpc) is 3.34. The normalized spacial score (nSPS) is 20.1. The molecule has 2 aromatic heterocycles. The molecule has 0 aliphatic carbocycles. The molecule has 0 bridgehead atoms. The Morgan fingerprint density at radius 3 is 1.75 bits per heavy atom. The van der Waals surface area contributed by atoms with Crippen LogP contribution in [0.5, 0.6) is 0 Å². The molecular formula is C22H22N2S4. The molecule has 2 N–H and O–H groups in total. The molecule has 0 saturated carbocycles. The third kappa shape index (κ3) is 4.40. The summed E-state index contributed by atoms with van der Waals surface area (Å²) in [5.41, 5.74) is 5.17. The van der Waals surface area contributed by atoms with E-state index in [0.29, 0.717) is 9.16 Å². The molecule has 4 aromatic rings. The molecule has 1 fully saturated rings. The zero-order valence-electron chi connectivity index (χ0n) is 15.4. The number of nitrogens with one attached hydrogen (secondary N) is 2. The van der Waals surface area contributed by atoms with Crippen LogP contribution in [0.4, 0.5) is 0 Å². The van der Waals surface area contributed by atoms with Crippen molar-refractivity contribution in [1.82, 2.24) is 9.97 Å². The van der Waals surface area contributed by atoms with Gasteiger partial charge in [-0.3, -0.25) is 0 Å². The summed E-state index contributed by atoms with van der Waals surface area (Å²) >= 11 is 8.40. The van der Waals surface area contributed by atoms with E-state index in [0.717, 1.165) is 11.5 Å². The van der Waals surface area contributed by atoms with Crippen LogP contribution >= 0.6 is 47.0 Å². The van der Waals surface area contributed by atoms with Crippen molar-refractivity contribution >= 4 is 68.9 Å². The van der Waals surface area contributed by atoms with Crippen LogP contribution in [0.2, 0.25) is 0 Å². The van der Waals surface area contributed by atoms with E-state index in [1.54, 1.807) is 0 Å². The van der Waals surface area contributed by atoms with Gasteiger partial charge in [0, 0.05) is 39.0 Å². The van der Waals surface area contributed by atoms with Gasteiger partial charge < -0.3 is 9.97 Å². The Bertz CT molecular complexity index is 920. The molecule has 144 valence electrons. The van der Waals surface area contributed by atoms with E-state index < -0.39 is 0 Å². The maximum atomic E-state index is 3.56. The van der Waals surface area contributed by atoms with Gasteiger partial charge in [0.15, 0.2) is 0 Å². The van der Waals surface area contributed by atoms with Crippen LogP contribution in [0.15, 0.2) is 60.7 Å². The molecule has 28 heavy (non-hydrogen) atoms. The van der Waals surface area contributed by atoms with Crippen LogP contribution < -0.4 is 0 Å². The first-order valence-corrected chi connectivity index (χ1v) is 13.6. The predicted octanol–water partition coefficient (Wildman–Crippen LogP) is 7.30. The van der Waals surface area contributed by atoms with E-state index in [2.05, 4.69) is 118 Å². The summed E-state index contributed by atoms with van der Waals surface area (Å²) in [6.07, 6.45) is 1.27. The Balaban J connectivity index is 1.14. The summed E-state index contributed by atoms with van der Waals surface area (Å²) in [7, 11) is 0. The lowest BCUT2D eigenvalue weighted by molar-refractivity contribution is 1.02. The third-order valence-corrected chi connectivity index (χ3v) is 10.8. The number of fused-ring (bicyclic) bond motifs is 2. The lowest BCUT2D eigenvalue weighted by atomic mass is 10.2. The van der Waals surface area contributed by atoms with Gasteiger partial charge in [0.05, 0.1) is 9.16 Å². The average molecular weight is 443 g/mol. The fourth-order valence-electron chi connectivity index (χ4n) is 3.50. The van der Waals surface area contributed by atoms with Crippen molar-refractivity contribution in [1.29, 1.82) is 0 Å². The molecule has 2 aromatic carbocycles. The van der Waals surface area contributed by atoms with Crippen molar-refractivity contribution in [3.63, 3.8) is 0 Å². The number of H-pyrrole nitrogens is 2. The van der Waals surface area contributed by atoms with E-state index in [4.69, 9.17) is 0 Å². The standard InChI is InChI=1S/C22H22N2S4/c1-3-7-19-15(5-1)9-17(23-19)12-25-21-11-22(28-14-27-21)26-13-18-10-16-6-2-4-8-20(16)24-18/h1-10,21-24H,11-14H2. The first kappa shape index (κ1) is 18.9. The molecule has 0 spiro atoms. The minimum Gasteiger partial charge on any atom is -0.358 e. The predicted molar refractivity (Wildman–Crippen MR) is 131 cm³/mol. The van der Waals surface area contributed by atoms with Gasteiger partial charge in [-0.25, -0.2) is 0 Å². The first-order valence-electron chi connectivity index (χ1n) is 9.43. The number of hydrogen-bond donors (Lipinski definition) is 2. The van der Waals surface area contributed by atoms with Crippen molar-refractivity contribution in [2.75, 3.05) is 5.08 Å². The fraction of sp³-hybridized carbons (Fsp3) is 0.273. The van der Waals surface area contributed by atoms with Crippen molar-refractivity contribution in [2.45, 2.75) is 27.1 Å². The lowest BCUT2D eigenvalue weighted by Gasteiger charge is -2.27. The quantitative estimate of drug-likeness (QED) is 0.328. The van der Waals surface area contributed by atoms with Crippen LogP contribution in [-0.4, -0.2) is 24.2 Å². The maximum absolute atomic E-state index is 3.56. The Kier molecular flexibility index (Phi) is 5.90. The summed E-state index contributed by atoms with van der Waals surface area (Å²) in [6, 6.07) is 21.7. The number of thioether (sulfide) groups is 4. The Morgan fingerprint density at radius 2 is 1.25 bits per heavy atom. The van der Waals surface area contributed by atoms with Crippen molar-refractivity contribution in [3.05, 3.63) is 72.1 Å². The van der Waals surface area contributed by atoms with E-state index >= 15 is 0 Å². The van der Waals surface area contributed by atoms with Gasteiger partial charge in [0.1, 0.15) is 0 Å². The monoisotopic (exact) mass is 442 g/mol. The van der Waals surface area contributed by atoms with Crippen LogP contribution in [0.3, 0.4) is 0 Å². The molecule has 2 atom stereocenters. The Morgan fingerprint density at radius 1 is 0.750 bits per heavy atom. The largest absolute Gasteiger partial charge is 0.358 e. The zero-order chi connectivity index (χ0) is 18.8. The molecular weight excluding hydrogens is 421 g/mol. The minimum atomic E-state index is 0.688. The third-order valence-electron chi connectivity index (χ3n) is 4.91. The zero-order valence-corrected chi connectivity index (χ0v) is 18.7. The highest BCUT2D eigenvalue weighted by Crippen LogP contribution is 2.45. The first-order chi connectivity index (χ1) is 13.8. The number of hydrogen-bond acceptors (Lipinski definition) is 4. The summed E-state index contributed by atoms with van der Waals surface area (Å²) in [6.45, 7) is 0. The topological polar surface area (TPSA) is 31.6 Å². The second-order valence-electron chi connectivity index (χ2n) is 6.93. The highest BCUT2D eigenvalue weighted by atomic mass is 32.2. The van der Waals surface area contributed by atoms with Gasteiger partial charge >= 0.3 is 0 Å². The van der Waals surface area contributed by atoms with Crippen LogP contribution in [0.25, 0.3) is 21.8 Å². The van der Waals surface area contributed by atoms with Crippen LogP contribution in [0.1, 0.15) is 17.8 Å². The second-order valence-corrected chi connectivity index (χ2v) is 12.7. The number of aromatic nitrogens is 2. The molecule has 2 unspecified atom stereocenters. The summed E-state index contributed by atoms with van der Waals surface area (Å²) in [4.78, 5) is 7.12. The molecule has 6 heteroatoms. The number of aromatic amines is 2. The Hall–Kier alpha value is -1.08. The minimum absolute atomic E-state index is 0.688. The molecule has 1 aliphatic rings. The van der Waals surface area contributed by atoms with Crippen LogP contribution in [0, 0.1) is 0 Å². The van der Waals surface area contributed by atoms with E-state index in [-0.39, 0.29) is 0 Å². The van der Waals surface area contributed by atoms with Crippen molar-refractivity contribution in [2.24, 2.45) is 0 Å². The summed E-state index contributed by atoms with van der Waals surface area (Å²) in [5.74, 6) is 2.13. The lowest BCUT2D eigenvalue weighted by Crippen LogP contribution is -2.13. The maximum Gasteiger partial charge on any atom is 0.0533 e. The number of rotatable bonds is 6. The molecule has 1 saturated heterocycles. The second kappa shape index (κ2) is 8.74. The van der Waals surface area contributed by atoms with Gasteiger partial charge in [-0.05, 0) is 41.5 Å². The van der Waals surface area contributed by atoms with E-state index in [1.807, 2.05) is 0 Å². The Labute approximate surface area is 182 Å². The molecule has 3 heterocycles. The van der Waals surface area contributed by atoms with Crippen molar-refractivity contribution in [3.8, 4) is 0 Å². The van der Waals surface area contributed by atoms with Crippen molar-refractivity contribution < 1.29 is 0 Å².